The third-order valence-corrected chi connectivity index (χ3v) is 6.96. The van der Waals surface area contributed by atoms with Crippen molar-refractivity contribution >= 4 is 23.5 Å². The van der Waals surface area contributed by atoms with Gasteiger partial charge in [-0.25, -0.2) is 0 Å². The van der Waals surface area contributed by atoms with Gasteiger partial charge in [-0.1, -0.05) is 31.2 Å². The highest BCUT2D eigenvalue weighted by atomic mass is 32.2. The van der Waals surface area contributed by atoms with Crippen molar-refractivity contribution in [2.75, 3.05) is 18.6 Å². The highest BCUT2D eigenvalue weighted by Gasteiger charge is 2.29. The predicted octanol–water partition coefficient (Wildman–Crippen LogP) is 3.36. The van der Waals surface area contributed by atoms with Gasteiger partial charge in [0.05, 0.1) is 0 Å². The van der Waals surface area contributed by atoms with Crippen LogP contribution in [0.1, 0.15) is 18.1 Å². The van der Waals surface area contributed by atoms with E-state index in [1.165, 1.54) is 22.6 Å². The molecule has 0 bridgehead atoms. The molecule has 1 nitrogen and oxygen atoms in total. The highest BCUT2D eigenvalue weighted by Crippen LogP contribution is 2.34. The second kappa shape index (κ2) is 6.88. The number of benzene rings is 1. The van der Waals surface area contributed by atoms with E-state index in [0.29, 0.717) is 6.04 Å². The van der Waals surface area contributed by atoms with Gasteiger partial charge >= 0.3 is 0 Å². The van der Waals surface area contributed by atoms with Gasteiger partial charge in [0.25, 0.3) is 0 Å². The van der Waals surface area contributed by atoms with Crippen molar-refractivity contribution in [2.45, 2.75) is 36.8 Å². The SMILES string of the molecule is CNC(Cc1ccccc1C)C1SCCSC1C. The average molecular weight is 281 g/mol. The molecule has 2 rings (SSSR count). The Morgan fingerprint density at radius 1 is 1.28 bits per heavy atom. The average Bonchev–Trinajstić information content (AvgIpc) is 2.39. The first-order chi connectivity index (χ1) is 8.72. The molecule has 1 aliphatic rings. The summed E-state index contributed by atoms with van der Waals surface area (Å²) < 4.78 is 0. The lowest BCUT2D eigenvalue weighted by molar-refractivity contribution is 0.530. The van der Waals surface area contributed by atoms with Gasteiger partial charge in [0.2, 0.25) is 0 Å². The van der Waals surface area contributed by atoms with Crippen LogP contribution in [0.3, 0.4) is 0 Å². The van der Waals surface area contributed by atoms with Crippen molar-refractivity contribution in [3.8, 4) is 0 Å². The van der Waals surface area contributed by atoms with Crippen LogP contribution in [0.4, 0.5) is 0 Å². The van der Waals surface area contributed by atoms with E-state index in [1.807, 2.05) is 0 Å². The van der Waals surface area contributed by atoms with Gasteiger partial charge in [-0.15, -0.1) is 0 Å². The van der Waals surface area contributed by atoms with Crippen LogP contribution in [0.25, 0.3) is 0 Å². The smallest absolute Gasteiger partial charge is 0.0320 e. The monoisotopic (exact) mass is 281 g/mol. The Kier molecular flexibility index (Phi) is 5.46. The van der Waals surface area contributed by atoms with Gasteiger partial charge in [-0.2, -0.15) is 23.5 Å². The van der Waals surface area contributed by atoms with E-state index in [4.69, 9.17) is 0 Å². The lowest BCUT2D eigenvalue weighted by Crippen LogP contribution is -2.44. The summed E-state index contributed by atoms with van der Waals surface area (Å²) >= 11 is 4.27. The van der Waals surface area contributed by atoms with E-state index < -0.39 is 0 Å². The fourth-order valence-corrected chi connectivity index (χ4v) is 5.55. The van der Waals surface area contributed by atoms with Crippen molar-refractivity contribution in [1.82, 2.24) is 5.32 Å². The lowest BCUT2D eigenvalue weighted by Gasteiger charge is -2.34. The third-order valence-electron chi connectivity index (χ3n) is 3.71. The van der Waals surface area contributed by atoms with E-state index in [0.717, 1.165) is 16.9 Å². The van der Waals surface area contributed by atoms with Crippen LogP contribution in [-0.2, 0) is 6.42 Å². The fraction of sp³-hybridized carbons (Fsp3) is 0.600. The molecule has 1 aliphatic heterocycles. The fourth-order valence-electron chi connectivity index (χ4n) is 2.55. The van der Waals surface area contributed by atoms with Crippen molar-refractivity contribution in [2.24, 2.45) is 0 Å². The molecule has 1 heterocycles. The maximum absolute atomic E-state index is 3.54. The zero-order valence-corrected chi connectivity index (χ0v) is 13.1. The molecular formula is C15H23NS2. The molecule has 1 aromatic carbocycles. The lowest BCUT2D eigenvalue weighted by atomic mass is 9.98. The molecule has 18 heavy (non-hydrogen) atoms. The molecule has 0 aromatic heterocycles. The number of rotatable bonds is 4. The maximum atomic E-state index is 3.54. The molecule has 3 heteroatoms. The number of nitrogens with one attached hydrogen (secondary N) is 1. The Morgan fingerprint density at radius 2 is 2.00 bits per heavy atom. The minimum atomic E-state index is 0.582. The van der Waals surface area contributed by atoms with Gasteiger partial charge in [-0.3, -0.25) is 0 Å². The molecule has 100 valence electrons. The zero-order valence-electron chi connectivity index (χ0n) is 11.5. The van der Waals surface area contributed by atoms with Crippen LogP contribution in [0, 0.1) is 6.92 Å². The van der Waals surface area contributed by atoms with Crippen molar-refractivity contribution < 1.29 is 0 Å². The quantitative estimate of drug-likeness (QED) is 0.909. The van der Waals surface area contributed by atoms with Crippen LogP contribution in [0.5, 0.6) is 0 Å². The van der Waals surface area contributed by atoms with Crippen LogP contribution in [0.2, 0.25) is 0 Å². The van der Waals surface area contributed by atoms with E-state index in [1.54, 1.807) is 0 Å². The van der Waals surface area contributed by atoms with E-state index in [2.05, 4.69) is 74.0 Å². The van der Waals surface area contributed by atoms with E-state index >= 15 is 0 Å². The summed E-state index contributed by atoms with van der Waals surface area (Å²) in [6, 6.07) is 9.35. The van der Waals surface area contributed by atoms with Crippen LogP contribution >= 0.6 is 23.5 Å². The summed E-state index contributed by atoms with van der Waals surface area (Å²) in [5, 5.41) is 5.03. The molecule has 0 amide bonds. The highest BCUT2D eigenvalue weighted by molar-refractivity contribution is 8.07. The molecule has 3 unspecified atom stereocenters. The molecule has 0 spiro atoms. The molecule has 1 fully saturated rings. The summed E-state index contributed by atoms with van der Waals surface area (Å²) in [7, 11) is 2.11. The first-order valence-corrected chi connectivity index (χ1v) is 8.77. The number of hydrogen-bond donors (Lipinski definition) is 1. The van der Waals surface area contributed by atoms with Gasteiger partial charge < -0.3 is 5.32 Å². The Labute approximate surface area is 120 Å². The molecule has 1 N–H and O–H groups in total. The zero-order chi connectivity index (χ0) is 13.0. The maximum Gasteiger partial charge on any atom is 0.0320 e. The molecule has 1 aromatic rings. The Hall–Kier alpha value is -0.120. The van der Waals surface area contributed by atoms with Gasteiger partial charge in [-0.05, 0) is 31.5 Å². The summed E-state index contributed by atoms with van der Waals surface area (Å²) in [6.07, 6.45) is 1.14. The van der Waals surface area contributed by atoms with Gasteiger partial charge in [0.15, 0.2) is 0 Å². The van der Waals surface area contributed by atoms with Crippen molar-refractivity contribution in [1.29, 1.82) is 0 Å². The topological polar surface area (TPSA) is 12.0 Å². The molecule has 0 saturated carbocycles. The first-order valence-electron chi connectivity index (χ1n) is 6.67. The van der Waals surface area contributed by atoms with Crippen LogP contribution in [-0.4, -0.2) is 35.1 Å². The number of thioether (sulfide) groups is 2. The van der Waals surface area contributed by atoms with Crippen LogP contribution in [0.15, 0.2) is 24.3 Å². The minimum absolute atomic E-state index is 0.582. The molecule has 1 saturated heterocycles. The van der Waals surface area contributed by atoms with Crippen LogP contribution < -0.4 is 5.32 Å². The molecular weight excluding hydrogens is 258 g/mol. The standard InChI is InChI=1S/C15H23NS2/c1-11-6-4-5-7-13(11)10-14(16-3)15-12(2)17-8-9-18-15/h4-7,12,14-16H,8-10H2,1-3H3. The number of likely N-dealkylation sites (N-methyl/N-ethyl adjacent to an activating group) is 1. The molecule has 0 aliphatic carbocycles. The van der Waals surface area contributed by atoms with Gasteiger partial charge in [0.1, 0.15) is 0 Å². The second-order valence-electron chi connectivity index (χ2n) is 4.94. The van der Waals surface area contributed by atoms with Gasteiger partial charge in [0, 0.05) is 28.0 Å². The first kappa shape index (κ1) is 14.3. The largest absolute Gasteiger partial charge is 0.316 e. The minimum Gasteiger partial charge on any atom is -0.316 e. The van der Waals surface area contributed by atoms with E-state index in [-0.39, 0.29) is 0 Å². The summed E-state index contributed by atoms with van der Waals surface area (Å²) in [5.74, 6) is 2.61. The second-order valence-corrected chi connectivity index (χ2v) is 7.71. The van der Waals surface area contributed by atoms with Crippen molar-refractivity contribution in [3.05, 3.63) is 35.4 Å². The molecule has 3 atom stereocenters. The Bertz CT molecular complexity index is 381. The summed E-state index contributed by atoms with van der Waals surface area (Å²) in [4.78, 5) is 0. The Balaban J connectivity index is 2.07. The molecule has 0 radical (unpaired) electrons. The summed E-state index contributed by atoms with van der Waals surface area (Å²) in [6.45, 7) is 4.60. The number of hydrogen-bond acceptors (Lipinski definition) is 3. The predicted molar refractivity (Wildman–Crippen MR) is 85.9 cm³/mol. The third kappa shape index (κ3) is 3.46. The summed E-state index contributed by atoms with van der Waals surface area (Å²) in [5.41, 5.74) is 2.90. The Morgan fingerprint density at radius 3 is 2.67 bits per heavy atom. The normalized spacial score (nSPS) is 25.9. The number of aryl methyl sites for hydroxylation is 1. The van der Waals surface area contributed by atoms with E-state index in [9.17, 15) is 0 Å². The van der Waals surface area contributed by atoms with Crippen molar-refractivity contribution in [3.63, 3.8) is 0 Å².